The predicted octanol–water partition coefficient (Wildman–Crippen LogP) is 5.56. The predicted molar refractivity (Wildman–Crippen MR) is 56.8 cm³/mol. The molecule has 0 amide bonds. The minimum Gasteiger partial charge on any atom is -0.371 e. The lowest BCUT2D eigenvalue weighted by Gasteiger charge is -2.41. The van der Waals surface area contributed by atoms with Gasteiger partial charge in [-0.2, -0.15) is 65.9 Å². The van der Waals surface area contributed by atoms with E-state index < -0.39 is 54.9 Å². The van der Waals surface area contributed by atoms with E-state index in [2.05, 4.69) is 11.3 Å². The summed E-state index contributed by atoms with van der Waals surface area (Å²) in [7, 11) is 0. The molecule has 0 atom stereocenters. The highest BCUT2D eigenvalue weighted by atomic mass is 19.4. The van der Waals surface area contributed by atoms with E-state index in [1.807, 2.05) is 0 Å². The maximum atomic E-state index is 13.2. The van der Waals surface area contributed by atoms with Crippen molar-refractivity contribution in [1.29, 1.82) is 0 Å². The molecule has 0 aromatic rings. The van der Waals surface area contributed by atoms with E-state index in [1.54, 1.807) is 0 Å². The van der Waals surface area contributed by atoms with Crippen LogP contribution in [0.25, 0.3) is 0 Å². The Balaban J connectivity index is 6.26. The highest BCUT2D eigenvalue weighted by Crippen LogP contribution is 2.62. The average Bonchev–Trinajstić information content (AvgIpc) is 2.45. The Hall–Kier alpha value is -1.35. The third kappa shape index (κ3) is 3.68. The number of rotatable bonds is 9. The molecule has 0 fully saturated rings. The Morgan fingerprint density at radius 1 is 0.556 bits per heavy atom. The van der Waals surface area contributed by atoms with Gasteiger partial charge in [-0.15, -0.1) is 6.58 Å². The summed E-state index contributed by atoms with van der Waals surface area (Å²) in [5.41, 5.74) is 0. The number of hydrogen-bond donors (Lipinski definition) is 0. The fraction of sp³-hybridized carbons (Fsp3) is 0.818. The molecular formula is C11H7F15O. The number of ether oxygens (including phenoxy) is 1. The second kappa shape index (κ2) is 6.92. The molecule has 16 heteroatoms. The molecule has 0 spiro atoms. The Kier molecular flexibility index (Phi) is 6.57. The highest BCUT2D eigenvalue weighted by Gasteiger charge is 2.93. The first-order chi connectivity index (χ1) is 11.6. The SMILES string of the molecule is C=CCOCC(F)(F)C(F)(F)C(F)(F)C(F)(F)C(F)(F)C(F)(F)C(F)(F)F. The van der Waals surface area contributed by atoms with E-state index in [4.69, 9.17) is 0 Å². The maximum absolute atomic E-state index is 13.2. The first-order valence-electron chi connectivity index (χ1n) is 6.08. The lowest BCUT2D eigenvalue weighted by molar-refractivity contribution is -0.453. The Morgan fingerprint density at radius 3 is 1.22 bits per heavy atom. The van der Waals surface area contributed by atoms with Gasteiger partial charge in [0, 0.05) is 0 Å². The van der Waals surface area contributed by atoms with Crippen LogP contribution in [0.5, 0.6) is 0 Å². The van der Waals surface area contributed by atoms with E-state index >= 15 is 0 Å². The zero-order chi connectivity index (χ0) is 22.3. The van der Waals surface area contributed by atoms with Gasteiger partial charge in [0.2, 0.25) is 0 Å². The van der Waals surface area contributed by atoms with Crippen molar-refractivity contribution in [3.05, 3.63) is 12.7 Å². The molecule has 0 aliphatic heterocycles. The zero-order valence-corrected chi connectivity index (χ0v) is 12.3. The van der Waals surface area contributed by atoms with Crippen LogP contribution in [0.1, 0.15) is 0 Å². The molecule has 0 radical (unpaired) electrons. The highest BCUT2D eigenvalue weighted by molar-refractivity contribution is 5.13. The van der Waals surface area contributed by atoms with Crippen molar-refractivity contribution in [2.24, 2.45) is 0 Å². The molecule has 0 aliphatic carbocycles. The average molecular weight is 440 g/mol. The second-order valence-corrected chi connectivity index (χ2v) is 4.88. The first kappa shape index (κ1) is 25.6. The molecule has 0 heterocycles. The van der Waals surface area contributed by atoms with Crippen LogP contribution in [0.15, 0.2) is 12.7 Å². The van der Waals surface area contributed by atoms with Crippen molar-refractivity contribution in [2.75, 3.05) is 13.2 Å². The van der Waals surface area contributed by atoms with Gasteiger partial charge >= 0.3 is 41.7 Å². The van der Waals surface area contributed by atoms with E-state index in [0.717, 1.165) is 0 Å². The van der Waals surface area contributed by atoms with Gasteiger partial charge in [-0.1, -0.05) is 6.08 Å². The van der Waals surface area contributed by atoms with Gasteiger partial charge in [0.15, 0.2) is 0 Å². The van der Waals surface area contributed by atoms with Crippen molar-refractivity contribution in [3.63, 3.8) is 0 Å². The Labute approximate surface area is 139 Å². The molecule has 0 saturated heterocycles. The van der Waals surface area contributed by atoms with Gasteiger partial charge in [0.05, 0.1) is 6.61 Å². The van der Waals surface area contributed by atoms with Crippen LogP contribution < -0.4 is 0 Å². The maximum Gasteiger partial charge on any atom is 0.460 e. The van der Waals surface area contributed by atoms with Crippen LogP contribution in [-0.4, -0.2) is 54.9 Å². The molecule has 27 heavy (non-hydrogen) atoms. The molecular weight excluding hydrogens is 433 g/mol. The lowest BCUT2D eigenvalue weighted by Crippen LogP contribution is -2.73. The van der Waals surface area contributed by atoms with Gasteiger partial charge in [0.1, 0.15) is 6.61 Å². The monoisotopic (exact) mass is 440 g/mol. The molecule has 1 nitrogen and oxygen atoms in total. The van der Waals surface area contributed by atoms with Crippen LogP contribution in [0.2, 0.25) is 0 Å². The summed E-state index contributed by atoms with van der Waals surface area (Å²) < 4.78 is 195. The summed E-state index contributed by atoms with van der Waals surface area (Å²) in [6, 6.07) is 0. The molecule has 0 N–H and O–H groups in total. The lowest BCUT2D eigenvalue weighted by atomic mass is 9.91. The van der Waals surface area contributed by atoms with Crippen LogP contribution in [0.4, 0.5) is 65.9 Å². The first-order valence-corrected chi connectivity index (χ1v) is 6.08. The van der Waals surface area contributed by atoms with Gasteiger partial charge < -0.3 is 4.74 Å². The Morgan fingerprint density at radius 2 is 0.889 bits per heavy atom. The molecule has 0 bridgehead atoms. The summed E-state index contributed by atoms with van der Waals surface area (Å²) in [6.45, 7) is -1.05. The third-order valence-electron chi connectivity index (χ3n) is 2.91. The fourth-order valence-electron chi connectivity index (χ4n) is 1.36. The molecule has 0 saturated carbocycles. The summed E-state index contributed by atoms with van der Waals surface area (Å²) in [5.74, 6) is -46.5. The topological polar surface area (TPSA) is 9.23 Å². The zero-order valence-electron chi connectivity index (χ0n) is 12.3. The summed E-state index contributed by atoms with van der Waals surface area (Å²) in [5, 5.41) is 0. The number of alkyl halides is 15. The Bertz CT molecular complexity index is 532. The van der Waals surface area contributed by atoms with Crippen molar-refractivity contribution in [3.8, 4) is 0 Å². The van der Waals surface area contributed by atoms with Crippen LogP contribution in [-0.2, 0) is 4.74 Å². The standard InChI is InChI=1S/C11H7F15O/c1-2-3-27-4-5(12,13)6(14,15)7(16,17)8(18,19)9(20,21)10(22,23)11(24,25)26/h2H,1,3-4H2. The fourth-order valence-corrected chi connectivity index (χ4v) is 1.36. The van der Waals surface area contributed by atoms with Crippen LogP contribution >= 0.6 is 0 Å². The van der Waals surface area contributed by atoms with Gasteiger partial charge in [0.25, 0.3) is 0 Å². The molecule has 162 valence electrons. The van der Waals surface area contributed by atoms with Gasteiger partial charge in [-0.05, 0) is 0 Å². The van der Waals surface area contributed by atoms with E-state index in [1.165, 1.54) is 0 Å². The normalized spacial score (nSPS) is 15.8. The molecule has 0 aliphatic rings. The minimum absolute atomic E-state index is 0.582. The summed E-state index contributed by atoms with van der Waals surface area (Å²) in [6.07, 6.45) is -7.03. The quantitative estimate of drug-likeness (QED) is 0.259. The van der Waals surface area contributed by atoms with E-state index in [9.17, 15) is 65.9 Å². The third-order valence-corrected chi connectivity index (χ3v) is 2.91. The molecule has 0 aromatic heterocycles. The largest absolute Gasteiger partial charge is 0.460 e. The van der Waals surface area contributed by atoms with Gasteiger partial charge in [-0.25, -0.2) is 0 Å². The number of halogens is 15. The van der Waals surface area contributed by atoms with Crippen molar-refractivity contribution >= 4 is 0 Å². The smallest absolute Gasteiger partial charge is 0.371 e. The van der Waals surface area contributed by atoms with Crippen LogP contribution in [0, 0.1) is 0 Å². The summed E-state index contributed by atoms with van der Waals surface area (Å²) in [4.78, 5) is 0. The van der Waals surface area contributed by atoms with Gasteiger partial charge in [-0.3, -0.25) is 0 Å². The minimum atomic E-state index is -8.27. The van der Waals surface area contributed by atoms with Crippen molar-refractivity contribution in [1.82, 2.24) is 0 Å². The molecule has 0 rings (SSSR count). The second-order valence-electron chi connectivity index (χ2n) is 4.88. The van der Waals surface area contributed by atoms with Crippen molar-refractivity contribution < 1.29 is 70.6 Å². The summed E-state index contributed by atoms with van der Waals surface area (Å²) >= 11 is 0. The molecule has 0 unspecified atom stereocenters. The van der Waals surface area contributed by atoms with E-state index in [0.29, 0.717) is 6.08 Å². The van der Waals surface area contributed by atoms with Crippen molar-refractivity contribution in [2.45, 2.75) is 41.7 Å². The van der Waals surface area contributed by atoms with E-state index in [-0.39, 0.29) is 0 Å². The van der Waals surface area contributed by atoms with Crippen LogP contribution in [0.3, 0.4) is 0 Å². The number of hydrogen-bond acceptors (Lipinski definition) is 1. The molecule has 0 aromatic carbocycles.